The first kappa shape index (κ1) is 9.07. The number of rotatable bonds is 2. The van der Waals surface area contributed by atoms with Gasteiger partial charge in [-0.15, -0.1) is 10.2 Å². The molecule has 5 atom stereocenters. The van der Waals surface area contributed by atoms with Crippen molar-refractivity contribution in [1.29, 1.82) is 0 Å². The van der Waals surface area contributed by atoms with E-state index in [1.807, 2.05) is 0 Å². The molecule has 0 radical (unpaired) electrons. The predicted octanol–water partition coefficient (Wildman–Crippen LogP) is 0.900. The summed E-state index contributed by atoms with van der Waals surface area (Å²) in [5.74, 6) is 1.49. The highest BCUT2D eigenvalue weighted by Crippen LogP contribution is 2.60. The van der Waals surface area contributed by atoms with Crippen LogP contribution in [0, 0.1) is 17.8 Å². The Bertz CT molecular complexity index is 435. The molecular weight excluding hydrogens is 226 g/mol. The van der Waals surface area contributed by atoms with Crippen LogP contribution >= 0.6 is 11.3 Å². The van der Waals surface area contributed by atoms with Crippen LogP contribution in [0.25, 0.3) is 0 Å². The van der Waals surface area contributed by atoms with E-state index in [4.69, 9.17) is 4.74 Å². The summed E-state index contributed by atoms with van der Waals surface area (Å²) in [6.45, 7) is 0. The third-order valence-corrected chi connectivity index (χ3v) is 4.54. The molecule has 1 N–H and O–H groups in total. The average molecular weight is 237 g/mol. The Morgan fingerprint density at radius 3 is 3.12 bits per heavy atom. The fourth-order valence-electron chi connectivity index (χ4n) is 3.13. The van der Waals surface area contributed by atoms with E-state index < -0.39 is 0 Å². The second-order valence-corrected chi connectivity index (χ2v) is 5.61. The molecule has 5 nitrogen and oxygen atoms in total. The van der Waals surface area contributed by atoms with E-state index in [2.05, 4.69) is 15.5 Å². The summed E-state index contributed by atoms with van der Waals surface area (Å²) < 4.78 is 5.79. The van der Waals surface area contributed by atoms with Gasteiger partial charge in [-0.25, -0.2) is 0 Å². The molecule has 16 heavy (non-hydrogen) atoms. The van der Waals surface area contributed by atoms with E-state index in [-0.39, 0.29) is 17.9 Å². The van der Waals surface area contributed by atoms with Gasteiger partial charge in [-0.3, -0.25) is 4.79 Å². The molecule has 3 heterocycles. The maximum absolute atomic E-state index is 12.0. The van der Waals surface area contributed by atoms with Gasteiger partial charge in [0.15, 0.2) is 0 Å². The number of hydrogen-bond acceptors (Lipinski definition) is 5. The van der Waals surface area contributed by atoms with Gasteiger partial charge in [0.25, 0.3) is 0 Å². The molecule has 0 spiro atoms. The number of ether oxygens (including phenoxy) is 1. The Hall–Kier alpha value is -1.01. The molecule has 4 rings (SSSR count). The normalized spacial score (nSPS) is 43.1. The third-order valence-electron chi connectivity index (χ3n) is 3.93. The third kappa shape index (κ3) is 1.17. The van der Waals surface area contributed by atoms with Crippen LogP contribution in [-0.2, 0) is 9.53 Å². The topological polar surface area (TPSA) is 64.1 Å². The molecule has 84 valence electrons. The van der Waals surface area contributed by atoms with Crippen molar-refractivity contribution in [2.45, 2.75) is 25.0 Å². The molecule has 2 saturated heterocycles. The Labute approximate surface area is 96.2 Å². The number of anilines is 1. The second kappa shape index (κ2) is 3.01. The zero-order valence-corrected chi connectivity index (χ0v) is 9.31. The van der Waals surface area contributed by atoms with Crippen LogP contribution < -0.4 is 5.32 Å². The quantitative estimate of drug-likeness (QED) is 0.830. The van der Waals surface area contributed by atoms with Gasteiger partial charge >= 0.3 is 0 Å². The maximum Gasteiger partial charge on any atom is 0.232 e. The van der Waals surface area contributed by atoms with E-state index in [1.165, 1.54) is 17.8 Å². The van der Waals surface area contributed by atoms with Crippen molar-refractivity contribution in [1.82, 2.24) is 10.2 Å². The largest absolute Gasteiger partial charge is 0.374 e. The van der Waals surface area contributed by atoms with Gasteiger partial charge in [0.1, 0.15) is 5.51 Å². The molecule has 1 aliphatic carbocycles. The summed E-state index contributed by atoms with van der Waals surface area (Å²) in [6, 6.07) is 0. The Morgan fingerprint density at radius 2 is 2.44 bits per heavy atom. The molecule has 2 bridgehead atoms. The predicted molar refractivity (Wildman–Crippen MR) is 56.9 cm³/mol. The molecule has 2 aliphatic heterocycles. The van der Waals surface area contributed by atoms with Crippen LogP contribution in [0.3, 0.4) is 0 Å². The first-order valence-corrected chi connectivity index (χ1v) is 6.43. The van der Waals surface area contributed by atoms with Crippen molar-refractivity contribution in [3.05, 3.63) is 5.51 Å². The monoisotopic (exact) mass is 237 g/mol. The van der Waals surface area contributed by atoms with Gasteiger partial charge in [-0.1, -0.05) is 11.3 Å². The fraction of sp³-hybridized carbons (Fsp3) is 0.700. The van der Waals surface area contributed by atoms with Crippen LogP contribution in [0.2, 0.25) is 0 Å². The van der Waals surface area contributed by atoms with Crippen molar-refractivity contribution in [3.63, 3.8) is 0 Å². The van der Waals surface area contributed by atoms with E-state index in [0.29, 0.717) is 17.2 Å². The Morgan fingerprint density at radius 1 is 1.50 bits per heavy atom. The minimum absolute atomic E-state index is 0.0256. The molecule has 1 aromatic rings. The lowest BCUT2D eigenvalue weighted by Crippen LogP contribution is -2.32. The molecule has 0 aromatic carbocycles. The number of nitrogens with one attached hydrogen (secondary N) is 1. The number of amides is 1. The molecule has 1 aromatic heterocycles. The van der Waals surface area contributed by atoms with Crippen LogP contribution in [-0.4, -0.2) is 28.3 Å². The summed E-state index contributed by atoms with van der Waals surface area (Å²) in [6.07, 6.45) is 2.66. The molecule has 1 amide bonds. The highest BCUT2D eigenvalue weighted by molar-refractivity contribution is 7.13. The number of carbonyl (C=O) groups is 1. The van der Waals surface area contributed by atoms with Gasteiger partial charge in [0.2, 0.25) is 11.0 Å². The second-order valence-electron chi connectivity index (χ2n) is 4.78. The van der Waals surface area contributed by atoms with Crippen molar-refractivity contribution in [2.24, 2.45) is 17.8 Å². The molecule has 1 saturated carbocycles. The molecule has 0 unspecified atom stereocenters. The zero-order valence-electron chi connectivity index (χ0n) is 8.50. The van der Waals surface area contributed by atoms with Gasteiger partial charge in [-0.05, 0) is 24.7 Å². The Kier molecular flexibility index (Phi) is 1.71. The van der Waals surface area contributed by atoms with Gasteiger partial charge in [0, 0.05) is 0 Å². The fourth-order valence-corrected chi connectivity index (χ4v) is 3.58. The summed E-state index contributed by atoms with van der Waals surface area (Å²) in [7, 11) is 0. The molecule has 6 heteroatoms. The summed E-state index contributed by atoms with van der Waals surface area (Å²) in [5, 5.41) is 10.9. The average Bonchev–Trinajstić information content (AvgIpc) is 2.67. The van der Waals surface area contributed by atoms with Crippen molar-refractivity contribution < 1.29 is 9.53 Å². The van der Waals surface area contributed by atoms with E-state index in [9.17, 15) is 4.79 Å². The Balaban J connectivity index is 1.49. The van der Waals surface area contributed by atoms with E-state index in [1.54, 1.807) is 5.51 Å². The number of aromatic nitrogens is 2. The van der Waals surface area contributed by atoms with Crippen LogP contribution in [0.15, 0.2) is 5.51 Å². The number of carbonyl (C=O) groups excluding carboxylic acids is 1. The van der Waals surface area contributed by atoms with Gasteiger partial charge < -0.3 is 10.1 Å². The van der Waals surface area contributed by atoms with Gasteiger partial charge in [0.05, 0.1) is 18.1 Å². The molecule has 3 fully saturated rings. The smallest absolute Gasteiger partial charge is 0.232 e. The summed E-state index contributed by atoms with van der Waals surface area (Å²) >= 11 is 1.35. The first-order chi connectivity index (χ1) is 7.83. The number of nitrogens with zero attached hydrogens (tertiary/aromatic N) is 2. The highest BCUT2D eigenvalue weighted by atomic mass is 32.1. The van der Waals surface area contributed by atoms with E-state index in [0.717, 1.165) is 12.3 Å². The highest BCUT2D eigenvalue weighted by Gasteiger charge is 2.64. The van der Waals surface area contributed by atoms with Gasteiger partial charge in [-0.2, -0.15) is 0 Å². The molecule has 3 aliphatic rings. The lowest BCUT2D eigenvalue weighted by atomic mass is 9.88. The van der Waals surface area contributed by atoms with E-state index >= 15 is 0 Å². The van der Waals surface area contributed by atoms with Crippen LogP contribution in [0.5, 0.6) is 0 Å². The number of fused-ring (bicyclic) bond motifs is 5. The lowest BCUT2D eigenvalue weighted by molar-refractivity contribution is -0.121. The SMILES string of the molecule is O=C(Nc1nncs1)[C@@H]1C[C@@H]2O[C@H]1[C@H]1C[C@H]12. The van der Waals surface area contributed by atoms with Crippen molar-refractivity contribution in [3.8, 4) is 0 Å². The minimum Gasteiger partial charge on any atom is -0.374 e. The lowest BCUT2D eigenvalue weighted by Gasteiger charge is -2.16. The van der Waals surface area contributed by atoms with Crippen molar-refractivity contribution in [2.75, 3.05) is 5.32 Å². The van der Waals surface area contributed by atoms with Crippen LogP contribution in [0.1, 0.15) is 12.8 Å². The first-order valence-electron chi connectivity index (χ1n) is 5.55. The standard InChI is InChI=1S/C10H11N3O2S/c14-9(12-10-13-11-3-16-10)6-2-7-4-1-5(4)8(6)15-7/h3-8H,1-2H2,(H,12,13,14)/t4-,5+,6-,7+,8+/m1/s1. The maximum atomic E-state index is 12.0. The number of hydrogen-bond donors (Lipinski definition) is 1. The summed E-state index contributed by atoms with van der Waals surface area (Å²) in [4.78, 5) is 12.0. The van der Waals surface area contributed by atoms with Crippen molar-refractivity contribution >= 4 is 22.4 Å². The van der Waals surface area contributed by atoms with Crippen LogP contribution in [0.4, 0.5) is 5.13 Å². The minimum atomic E-state index is 0.0256. The zero-order chi connectivity index (χ0) is 10.7. The molecular formula is C10H11N3O2S. The summed E-state index contributed by atoms with van der Waals surface area (Å²) in [5.41, 5.74) is 1.61.